The lowest BCUT2D eigenvalue weighted by Gasteiger charge is -2.13. The van der Waals surface area contributed by atoms with Crippen molar-refractivity contribution < 1.29 is 9.13 Å². The topological polar surface area (TPSA) is 33.0 Å². The molecule has 1 heterocycles. The first kappa shape index (κ1) is 13.0. The van der Waals surface area contributed by atoms with E-state index in [-0.39, 0.29) is 11.7 Å². The molecular formula is C16H12FNOS. The largest absolute Gasteiger partial charge is 0.490 e. The van der Waals surface area contributed by atoms with E-state index in [1.54, 1.807) is 17.8 Å². The fourth-order valence-corrected chi connectivity index (χ4v) is 3.48. The van der Waals surface area contributed by atoms with Gasteiger partial charge in [0.1, 0.15) is 0 Å². The average Bonchev–Trinajstić information content (AvgIpc) is 2.89. The van der Waals surface area contributed by atoms with Crippen molar-refractivity contribution in [1.29, 1.82) is 5.26 Å². The van der Waals surface area contributed by atoms with Crippen molar-refractivity contribution in [2.24, 2.45) is 0 Å². The van der Waals surface area contributed by atoms with Gasteiger partial charge in [-0.2, -0.15) is 5.26 Å². The molecule has 0 fully saturated rings. The number of nitrogens with zero attached hydrogens (tertiary/aromatic N) is 1. The van der Waals surface area contributed by atoms with Crippen LogP contribution in [-0.4, -0.2) is 12.4 Å². The minimum atomic E-state index is -0.483. The second-order valence-electron chi connectivity index (χ2n) is 4.61. The minimum absolute atomic E-state index is 0.207. The lowest BCUT2D eigenvalue weighted by atomic mass is 10.0. The molecule has 1 unspecified atom stereocenters. The summed E-state index contributed by atoms with van der Waals surface area (Å²) in [7, 11) is 0. The van der Waals surface area contributed by atoms with Gasteiger partial charge in [0.15, 0.2) is 11.6 Å². The number of nitriles is 1. The first-order valence-electron chi connectivity index (χ1n) is 6.32. The molecule has 1 aliphatic rings. The van der Waals surface area contributed by atoms with Gasteiger partial charge in [-0.15, -0.1) is 11.8 Å². The molecule has 0 saturated carbocycles. The maximum atomic E-state index is 13.7. The van der Waals surface area contributed by atoms with Gasteiger partial charge in [0.25, 0.3) is 0 Å². The summed E-state index contributed by atoms with van der Waals surface area (Å²) in [5.41, 5.74) is 1.57. The van der Waals surface area contributed by atoms with Crippen molar-refractivity contribution in [1.82, 2.24) is 0 Å². The summed E-state index contributed by atoms with van der Waals surface area (Å²) in [6.07, 6.45) is 0. The summed E-state index contributed by atoms with van der Waals surface area (Å²) in [5, 5.41) is 8.70. The van der Waals surface area contributed by atoms with Gasteiger partial charge in [0, 0.05) is 16.6 Å². The highest BCUT2D eigenvalue weighted by Crippen LogP contribution is 2.39. The van der Waals surface area contributed by atoms with Crippen LogP contribution in [0.1, 0.15) is 17.0 Å². The number of hydrogen-bond donors (Lipinski definition) is 0. The van der Waals surface area contributed by atoms with E-state index in [1.165, 1.54) is 22.6 Å². The van der Waals surface area contributed by atoms with E-state index in [9.17, 15) is 4.39 Å². The van der Waals surface area contributed by atoms with Crippen LogP contribution < -0.4 is 4.74 Å². The number of hydrogen-bond acceptors (Lipinski definition) is 3. The van der Waals surface area contributed by atoms with Gasteiger partial charge in [-0.1, -0.05) is 18.2 Å². The zero-order valence-electron chi connectivity index (χ0n) is 10.7. The fraction of sp³-hybridized carbons (Fsp3) is 0.188. The van der Waals surface area contributed by atoms with Crippen molar-refractivity contribution in [2.45, 2.75) is 10.8 Å². The molecule has 0 amide bonds. The van der Waals surface area contributed by atoms with Crippen molar-refractivity contribution in [2.75, 3.05) is 12.4 Å². The first-order valence-corrected chi connectivity index (χ1v) is 7.30. The van der Waals surface area contributed by atoms with Crippen LogP contribution in [0, 0.1) is 17.1 Å². The Hall–Kier alpha value is -1.99. The molecule has 0 aromatic heterocycles. The number of rotatable bonds is 3. The molecule has 20 heavy (non-hydrogen) atoms. The monoisotopic (exact) mass is 285 g/mol. The van der Waals surface area contributed by atoms with Crippen LogP contribution in [0.3, 0.4) is 0 Å². The van der Waals surface area contributed by atoms with Gasteiger partial charge in [-0.25, -0.2) is 4.39 Å². The number of halogens is 1. The molecule has 1 atom stereocenters. The molecule has 4 heteroatoms. The summed E-state index contributed by atoms with van der Waals surface area (Å²) < 4.78 is 19.3. The predicted molar refractivity (Wildman–Crippen MR) is 76.5 cm³/mol. The van der Waals surface area contributed by atoms with Gasteiger partial charge in [0.2, 0.25) is 0 Å². The number of thioether (sulfide) groups is 1. The SMILES string of the molecule is N#Cc1ccc(OCC2CSc3ccccc32)c(F)c1. The van der Waals surface area contributed by atoms with Crippen LogP contribution in [0.2, 0.25) is 0 Å². The lowest BCUT2D eigenvalue weighted by Crippen LogP contribution is -2.10. The van der Waals surface area contributed by atoms with Crippen molar-refractivity contribution >= 4 is 11.8 Å². The van der Waals surface area contributed by atoms with Crippen molar-refractivity contribution in [3.05, 3.63) is 59.4 Å². The van der Waals surface area contributed by atoms with E-state index in [0.717, 1.165) is 5.75 Å². The van der Waals surface area contributed by atoms with Gasteiger partial charge < -0.3 is 4.74 Å². The summed E-state index contributed by atoms with van der Waals surface area (Å²) in [4.78, 5) is 1.28. The molecule has 0 saturated heterocycles. The van der Waals surface area contributed by atoms with Crippen LogP contribution >= 0.6 is 11.8 Å². The molecule has 0 bridgehead atoms. The lowest BCUT2D eigenvalue weighted by molar-refractivity contribution is 0.284. The standard InChI is InChI=1S/C16H12FNOS/c17-14-7-11(8-18)5-6-15(14)19-9-12-10-20-16-4-2-1-3-13(12)16/h1-7,12H,9-10H2. The third-order valence-electron chi connectivity index (χ3n) is 3.30. The Labute approximate surface area is 121 Å². The van der Waals surface area contributed by atoms with Gasteiger partial charge >= 0.3 is 0 Å². The normalized spacial score (nSPS) is 16.5. The Balaban J connectivity index is 1.71. The quantitative estimate of drug-likeness (QED) is 0.855. The van der Waals surface area contributed by atoms with Crippen LogP contribution in [-0.2, 0) is 0 Å². The third kappa shape index (κ3) is 2.50. The molecule has 0 N–H and O–H groups in total. The van der Waals surface area contributed by atoms with E-state index < -0.39 is 5.82 Å². The summed E-state index contributed by atoms with van der Waals surface area (Å²) >= 11 is 1.80. The number of benzene rings is 2. The highest BCUT2D eigenvalue weighted by atomic mass is 32.2. The number of ether oxygens (including phenoxy) is 1. The Morgan fingerprint density at radius 2 is 2.15 bits per heavy atom. The van der Waals surface area contributed by atoms with Gasteiger partial charge in [0.05, 0.1) is 18.2 Å². The molecule has 2 nitrogen and oxygen atoms in total. The van der Waals surface area contributed by atoms with Crippen LogP contribution in [0.15, 0.2) is 47.4 Å². The summed E-state index contributed by atoms with van der Waals surface area (Å²) in [5.74, 6) is 0.963. The zero-order valence-corrected chi connectivity index (χ0v) is 11.5. The fourth-order valence-electron chi connectivity index (χ4n) is 2.25. The molecule has 0 aliphatic carbocycles. The third-order valence-corrected chi connectivity index (χ3v) is 4.55. The molecule has 2 aromatic carbocycles. The highest BCUT2D eigenvalue weighted by Gasteiger charge is 2.23. The van der Waals surface area contributed by atoms with Crippen molar-refractivity contribution in [3.63, 3.8) is 0 Å². The van der Waals surface area contributed by atoms with E-state index in [1.807, 2.05) is 18.2 Å². The smallest absolute Gasteiger partial charge is 0.166 e. The minimum Gasteiger partial charge on any atom is -0.490 e. The summed E-state index contributed by atoms with van der Waals surface area (Å²) in [6, 6.07) is 14.4. The number of fused-ring (bicyclic) bond motifs is 1. The van der Waals surface area contributed by atoms with Gasteiger partial charge in [-0.05, 0) is 29.8 Å². The maximum absolute atomic E-state index is 13.7. The Morgan fingerprint density at radius 3 is 2.95 bits per heavy atom. The second-order valence-corrected chi connectivity index (χ2v) is 5.68. The average molecular weight is 285 g/mol. The van der Waals surface area contributed by atoms with Gasteiger partial charge in [-0.3, -0.25) is 0 Å². The van der Waals surface area contributed by atoms with Crippen molar-refractivity contribution in [3.8, 4) is 11.8 Å². The molecule has 3 rings (SSSR count). The highest BCUT2D eigenvalue weighted by molar-refractivity contribution is 7.99. The van der Waals surface area contributed by atoms with E-state index in [2.05, 4.69) is 12.1 Å². The molecule has 1 aliphatic heterocycles. The zero-order chi connectivity index (χ0) is 13.9. The Morgan fingerprint density at radius 1 is 1.30 bits per heavy atom. The molecule has 0 spiro atoms. The van der Waals surface area contributed by atoms with E-state index in [4.69, 9.17) is 10.00 Å². The van der Waals surface area contributed by atoms with Crippen LogP contribution in [0.5, 0.6) is 5.75 Å². The predicted octanol–water partition coefficient (Wildman–Crippen LogP) is 3.97. The molecular weight excluding hydrogens is 273 g/mol. The second kappa shape index (κ2) is 5.56. The van der Waals surface area contributed by atoms with Crippen LogP contribution in [0.4, 0.5) is 4.39 Å². The Kier molecular flexibility index (Phi) is 3.62. The maximum Gasteiger partial charge on any atom is 0.166 e. The van der Waals surface area contributed by atoms with E-state index in [0.29, 0.717) is 12.2 Å². The molecule has 2 aromatic rings. The molecule has 100 valence electrons. The summed E-state index contributed by atoms with van der Waals surface area (Å²) in [6.45, 7) is 0.451. The Bertz CT molecular complexity index is 680. The first-order chi connectivity index (χ1) is 9.78. The van der Waals surface area contributed by atoms with E-state index >= 15 is 0 Å². The van der Waals surface area contributed by atoms with Crippen LogP contribution in [0.25, 0.3) is 0 Å². The molecule has 0 radical (unpaired) electrons.